The summed E-state index contributed by atoms with van der Waals surface area (Å²) in [6.07, 6.45) is 12.6. The van der Waals surface area contributed by atoms with Crippen LogP contribution in [0.15, 0.2) is 60.3 Å². The molecule has 208 valence electrons. The van der Waals surface area contributed by atoms with Gasteiger partial charge in [-0.3, -0.25) is 14.7 Å². The Kier molecular flexibility index (Phi) is 9.58. The number of cyclic esters (lactones) is 1. The summed E-state index contributed by atoms with van der Waals surface area (Å²) in [6, 6.07) is 6.97. The first-order valence-electron chi connectivity index (χ1n) is 14.1. The Labute approximate surface area is 227 Å². The maximum atomic E-state index is 12.7. The lowest BCUT2D eigenvalue weighted by Crippen LogP contribution is -2.49. The molecule has 2 bridgehead atoms. The third-order valence-electron chi connectivity index (χ3n) is 8.53. The third kappa shape index (κ3) is 7.41. The molecule has 0 amide bonds. The Morgan fingerprint density at radius 1 is 1.37 bits per heavy atom. The lowest BCUT2D eigenvalue weighted by Gasteiger charge is -2.38. The smallest absolute Gasteiger partial charge is 0.309 e. The number of aromatic nitrogens is 1. The van der Waals surface area contributed by atoms with Crippen LogP contribution in [-0.2, 0) is 9.53 Å². The normalized spacial score (nSPS) is 37.0. The van der Waals surface area contributed by atoms with Gasteiger partial charge >= 0.3 is 5.97 Å². The van der Waals surface area contributed by atoms with E-state index >= 15 is 0 Å². The quantitative estimate of drug-likeness (QED) is 0.297. The molecule has 7 heteroatoms. The van der Waals surface area contributed by atoms with E-state index in [4.69, 9.17) is 4.74 Å². The van der Waals surface area contributed by atoms with Crippen LogP contribution >= 0.6 is 0 Å². The number of aliphatic hydroxyl groups excluding tert-OH is 1. The van der Waals surface area contributed by atoms with E-state index in [2.05, 4.69) is 40.4 Å². The van der Waals surface area contributed by atoms with Gasteiger partial charge in [0.25, 0.3) is 0 Å². The number of piperazine rings is 1. The van der Waals surface area contributed by atoms with Gasteiger partial charge in [0.1, 0.15) is 6.10 Å². The standard InChI is InChI=1S/C31H45N3O4/c1-21(28-10-5-6-15-32-28)8-7-9-22(2)30-23(3)11-12-24(19-34-20-25-16-26(34)18-33-25)31(4,37)14-13-27(35)17-29(36)38-30/h5-12,15,21,23-27,30,33,35,37H,13-14,16-20H2,1-4H3/b8-7+,12-11+,22-9+/t21-,23-,24+,25+,26-,27+,30+,31-/m1/s1. The molecule has 0 spiro atoms. The lowest BCUT2D eigenvalue weighted by molar-refractivity contribution is -0.151. The van der Waals surface area contributed by atoms with Gasteiger partial charge in [0.2, 0.25) is 0 Å². The number of nitrogens with one attached hydrogen (secondary N) is 1. The maximum absolute atomic E-state index is 12.7. The Morgan fingerprint density at radius 3 is 2.87 bits per heavy atom. The molecule has 3 aliphatic heterocycles. The summed E-state index contributed by atoms with van der Waals surface area (Å²) in [5.41, 5.74) is 0.940. The minimum Gasteiger partial charge on any atom is -0.457 e. The van der Waals surface area contributed by atoms with Gasteiger partial charge in [0.15, 0.2) is 0 Å². The molecule has 0 radical (unpaired) electrons. The second-order valence-electron chi connectivity index (χ2n) is 11.8. The zero-order valence-corrected chi connectivity index (χ0v) is 23.3. The van der Waals surface area contributed by atoms with Crippen LogP contribution in [0.3, 0.4) is 0 Å². The SMILES string of the molecule is C/C(=C\C=C\[C@@H](C)c1ccccn1)[C@@H]1OC(=O)C[C@@H](O)CC[C@@](C)(O)[C@H](CN2C[C@@H]3C[C@@H]2CN3)/C=C/[C@H]1C. The summed E-state index contributed by atoms with van der Waals surface area (Å²) < 4.78 is 5.92. The van der Waals surface area contributed by atoms with Crippen molar-refractivity contribution in [3.05, 3.63) is 66.0 Å². The zero-order valence-electron chi connectivity index (χ0n) is 23.3. The maximum Gasteiger partial charge on any atom is 0.309 e. The summed E-state index contributed by atoms with van der Waals surface area (Å²) in [5.74, 6) is -0.441. The molecule has 0 aromatic carbocycles. The number of fused-ring (bicyclic) bond motifs is 2. The second kappa shape index (κ2) is 12.7. The Bertz CT molecular complexity index is 1020. The van der Waals surface area contributed by atoms with Crippen molar-refractivity contribution in [3.63, 3.8) is 0 Å². The molecule has 2 saturated heterocycles. The Balaban J connectivity index is 1.53. The number of hydrogen-bond donors (Lipinski definition) is 3. The van der Waals surface area contributed by atoms with Gasteiger partial charge in [-0.2, -0.15) is 0 Å². The summed E-state index contributed by atoms with van der Waals surface area (Å²) >= 11 is 0. The van der Waals surface area contributed by atoms with Crippen LogP contribution in [0.1, 0.15) is 65.0 Å². The molecule has 2 fully saturated rings. The summed E-state index contributed by atoms with van der Waals surface area (Å²) in [4.78, 5) is 19.6. The molecule has 4 rings (SSSR count). The van der Waals surface area contributed by atoms with Crippen LogP contribution in [-0.4, -0.2) is 75.6 Å². The average Bonchev–Trinajstić information content (AvgIpc) is 3.51. The van der Waals surface area contributed by atoms with Gasteiger partial charge in [0, 0.05) is 61.4 Å². The van der Waals surface area contributed by atoms with E-state index in [9.17, 15) is 15.0 Å². The van der Waals surface area contributed by atoms with Gasteiger partial charge in [-0.25, -0.2) is 0 Å². The van der Waals surface area contributed by atoms with Crippen molar-refractivity contribution in [1.82, 2.24) is 15.2 Å². The number of aliphatic hydroxyl groups is 2. The number of carbonyl (C=O) groups is 1. The molecule has 4 heterocycles. The molecule has 38 heavy (non-hydrogen) atoms. The highest BCUT2D eigenvalue weighted by molar-refractivity contribution is 5.70. The molecule has 0 aliphatic carbocycles. The minimum absolute atomic E-state index is 0.0743. The topological polar surface area (TPSA) is 94.9 Å². The highest BCUT2D eigenvalue weighted by Crippen LogP contribution is 2.32. The van der Waals surface area contributed by atoms with E-state index in [0.29, 0.717) is 24.9 Å². The van der Waals surface area contributed by atoms with Crippen LogP contribution in [0.2, 0.25) is 0 Å². The van der Waals surface area contributed by atoms with Gasteiger partial charge in [0.05, 0.1) is 18.1 Å². The fourth-order valence-electron chi connectivity index (χ4n) is 5.95. The van der Waals surface area contributed by atoms with Crippen molar-refractivity contribution in [1.29, 1.82) is 0 Å². The number of esters is 1. The third-order valence-corrected chi connectivity index (χ3v) is 8.53. The predicted octanol–water partition coefficient (Wildman–Crippen LogP) is 3.75. The van der Waals surface area contributed by atoms with E-state index in [1.807, 2.05) is 51.1 Å². The van der Waals surface area contributed by atoms with Crippen LogP contribution in [0.25, 0.3) is 0 Å². The first kappa shape index (κ1) is 28.7. The van der Waals surface area contributed by atoms with Crippen LogP contribution < -0.4 is 5.32 Å². The number of carbonyl (C=O) groups excluding carboxylic acids is 1. The van der Waals surface area contributed by atoms with Gasteiger partial charge in [-0.1, -0.05) is 50.3 Å². The van der Waals surface area contributed by atoms with Gasteiger partial charge < -0.3 is 20.3 Å². The zero-order chi connectivity index (χ0) is 27.3. The van der Waals surface area contributed by atoms with E-state index in [1.165, 1.54) is 6.42 Å². The molecule has 1 aromatic rings. The van der Waals surface area contributed by atoms with Crippen molar-refractivity contribution in [2.24, 2.45) is 11.8 Å². The second-order valence-corrected chi connectivity index (χ2v) is 11.8. The number of hydrogen-bond acceptors (Lipinski definition) is 7. The number of likely N-dealkylation sites (tertiary alicyclic amines) is 1. The number of rotatable bonds is 6. The number of ether oxygens (including phenoxy) is 1. The fourth-order valence-corrected chi connectivity index (χ4v) is 5.95. The Morgan fingerprint density at radius 2 is 2.18 bits per heavy atom. The van der Waals surface area contributed by atoms with Gasteiger partial charge in [-0.05, 0) is 50.8 Å². The van der Waals surface area contributed by atoms with E-state index in [0.717, 1.165) is 30.9 Å². The molecule has 3 N–H and O–H groups in total. The molecule has 8 atom stereocenters. The van der Waals surface area contributed by atoms with Crippen molar-refractivity contribution in [3.8, 4) is 0 Å². The molecule has 3 aliphatic rings. The first-order chi connectivity index (χ1) is 18.1. The Hall–Kier alpha value is -2.32. The fraction of sp³-hybridized carbons (Fsp3) is 0.613. The molecule has 1 aromatic heterocycles. The molecular weight excluding hydrogens is 478 g/mol. The highest BCUT2D eigenvalue weighted by atomic mass is 16.5. The van der Waals surface area contributed by atoms with E-state index < -0.39 is 23.8 Å². The first-order valence-corrected chi connectivity index (χ1v) is 14.1. The molecule has 0 unspecified atom stereocenters. The molecule has 7 nitrogen and oxygen atoms in total. The predicted molar refractivity (Wildman–Crippen MR) is 149 cm³/mol. The lowest BCUT2D eigenvalue weighted by atomic mass is 9.82. The number of pyridine rings is 1. The average molecular weight is 524 g/mol. The largest absolute Gasteiger partial charge is 0.457 e. The van der Waals surface area contributed by atoms with Crippen molar-refractivity contribution in [2.75, 3.05) is 19.6 Å². The number of nitrogens with zero attached hydrogens (tertiary/aromatic N) is 2. The summed E-state index contributed by atoms with van der Waals surface area (Å²) in [5, 5.41) is 25.6. The summed E-state index contributed by atoms with van der Waals surface area (Å²) in [6.45, 7) is 10.8. The van der Waals surface area contributed by atoms with Crippen molar-refractivity contribution >= 4 is 5.97 Å². The highest BCUT2D eigenvalue weighted by Gasteiger charge is 2.41. The van der Waals surface area contributed by atoms with Gasteiger partial charge in [-0.15, -0.1) is 0 Å². The van der Waals surface area contributed by atoms with Crippen LogP contribution in [0.4, 0.5) is 0 Å². The minimum atomic E-state index is -0.986. The van der Waals surface area contributed by atoms with Crippen molar-refractivity contribution < 1.29 is 19.7 Å². The molecular formula is C31H45N3O4. The molecule has 0 saturated carbocycles. The van der Waals surface area contributed by atoms with Crippen molar-refractivity contribution in [2.45, 2.75) is 89.2 Å². The van der Waals surface area contributed by atoms with E-state index in [-0.39, 0.29) is 24.2 Å². The van der Waals surface area contributed by atoms with Crippen LogP contribution in [0.5, 0.6) is 0 Å². The monoisotopic (exact) mass is 523 g/mol. The number of allylic oxidation sites excluding steroid dienone is 3. The van der Waals surface area contributed by atoms with E-state index in [1.54, 1.807) is 6.20 Å². The summed E-state index contributed by atoms with van der Waals surface area (Å²) in [7, 11) is 0. The van der Waals surface area contributed by atoms with Crippen LogP contribution in [0, 0.1) is 11.8 Å².